The number of unbranched alkanes of at least 4 members (excludes halogenated alkanes) is 1. The van der Waals surface area contributed by atoms with E-state index in [1.165, 1.54) is 0 Å². The van der Waals surface area contributed by atoms with Crippen LogP contribution in [0.15, 0.2) is 6.07 Å². The lowest BCUT2D eigenvalue weighted by Crippen LogP contribution is -2.11. The first-order valence-electron chi connectivity index (χ1n) is 5.54. The highest BCUT2D eigenvalue weighted by Crippen LogP contribution is 2.15. The second kappa shape index (κ2) is 6.68. The van der Waals surface area contributed by atoms with Crippen molar-refractivity contribution in [2.24, 2.45) is 0 Å². The second-order valence-electron chi connectivity index (χ2n) is 4.06. The van der Waals surface area contributed by atoms with Crippen LogP contribution >= 0.6 is 15.9 Å². The number of carbonyl (C=O) groups excluding carboxylic acids is 1. The molecule has 0 bridgehead atoms. The fourth-order valence-corrected chi connectivity index (χ4v) is 1.68. The average Bonchev–Trinajstić information content (AvgIpc) is 2.66. The number of alkyl halides is 1. The molecule has 0 saturated heterocycles. The number of hydrogen-bond acceptors (Lipinski definition) is 2. The van der Waals surface area contributed by atoms with E-state index >= 15 is 0 Å². The van der Waals surface area contributed by atoms with Crippen molar-refractivity contribution >= 4 is 27.7 Å². The molecule has 1 aromatic heterocycles. The Bertz CT molecular complexity index is 336. The third-order valence-corrected chi connectivity index (χ3v) is 2.84. The van der Waals surface area contributed by atoms with Crippen LogP contribution < -0.4 is 5.32 Å². The lowest BCUT2D eigenvalue weighted by Gasteiger charge is -2.00. The van der Waals surface area contributed by atoms with E-state index in [2.05, 4.69) is 45.3 Å². The van der Waals surface area contributed by atoms with E-state index < -0.39 is 0 Å². The zero-order chi connectivity index (χ0) is 12.0. The van der Waals surface area contributed by atoms with Gasteiger partial charge in [-0.25, -0.2) is 0 Å². The largest absolute Gasteiger partial charge is 0.309 e. The van der Waals surface area contributed by atoms with Crippen LogP contribution in [0, 0.1) is 0 Å². The molecule has 0 aliphatic heterocycles. The Labute approximate surface area is 104 Å². The highest BCUT2D eigenvalue weighted by atomic mass is 79.9. The maximum atomic E-state index is 11.5. The molecule has 0 fully saturated rings. The van der Waals surface area contributed by atoms with Crippen LogP contribution in [0.4, 0.5) is 5.82 Å². The normalized spacial score (nSPS) is 10.8. The number of nitrogens with one attached hydrogen (secondary N) is 2. The Kier molecular flexibility index (Phi) is 5.52. The van der Waals surface area contributed by atoms with E-state index in [-0.39, 0.29) is 5.91 Å². The van der Waals surface area contributed by atoms with E-state index in [1.807, 2.05) is 6.07 Å². The number of halogens is 1. The fourth-order valence-electron chi connectivity index (χ4n) is 1.28. The van der Waals surface area contributed by atoms with Crippen LogP contribution in [0.1, 0.15) is 44.7 Å². The van der Waals surface area contributed by atoms with Gasteiger partial charge in [-0.2, -0.15) is 5.10 Å². The van der Waals surface area contributed by atoms with Crippen molar-refractivity contribution in [3.63, 3.8) is 0 Å². The van der Waals surface area contributed by atoms with Gasteiger partial charge in [0.15, 0.2) is 5.82 Å². The number of aromatic amines is 1. The second-order valence-corrected chi connectivity index (χ2v) is 4.85. The van der Waals surface area contributed by atoms with Gasteiger partial charge in [0.1, 0.15) is 0 Å². The topological polar surface area (TPSA) is 57.8 Å². The smallest absolute Gasteiger partial charge is 0.225 e. The minimum absolute atomic E-state index is 0.0303. The third-order valence-electron chi connectivity index (χ3n) is 2.27. The molecular weight excluding hydrogens is 270 g/mol. The number of H-pyrrole nitrogens is 1. The van der Waals surface area contributed by atoms with Crippen molar-refractivity contribution in [2.45, 2.75) is 39.0 Å². The zero-order valence-corrected chi connectivity index (χ0v) is 11.3. The summed E-state index contributed by atoms with van der Waals surface area (Å²) in [5, 5.41) is 10.7. The van der Waals surface area contributed by atoms with Crippen molar-refractivity contribution in [2.75, 3.05) is 10.6 Å². The molecule has 0 aromatic carbocycles. The summed E-state index contributed by atoms with van der Waals surface area (Å²) in [4.78, 5) is 11.5. The molecule has 1 amide bonds. The maximum Gasteiger partial charge on any atom is 0.225 e. The molecule has 0 spiro atoms. The third kappa shape index (κ3) is 4.35. The van der Waals surface area contributed by atoms with Gasteiger partial charge >= 0.3 is 0 Å². The summed E-state index contributed by atoms with van der Waals surface area (Å²) in [7, 11) is 0. The van der Waals surface area contributed by atoms with Gasteiger partial charge in [-0.3, -0.25) is 9.89 Å². The summed E-state index contributed by atoms with van der Waals surface area (Å²) in [5.74, 6) is 1.04. The van der Waals surface area contributed by atoms with Crippen LogP contribution in [-0.4, -0.2) is 21.4 Å². The first-order chi connectivity index (χ1) is 7.63. The quantitative estimate of drug-likeness (QED) is 0.624. The van der Waals surface area contributed by atoms with Gasteiger partial charge in [0.05, 0.1) is 0 Å². The summed E-state index contributed by atoms with van der Waals surface area (Å²) < 4.78 is 0. The van der Waals surface area contributed by atoms with Gasteiger partial charge in [0.2, 0.25) is 5.91 Å². The van der Waals surface area contributed by atoms with Crippen molar-refractivity contribution in [1.29, 1.82) is 0 Å². The molecule has 0 saturated carbocycles. The lowest BCUT2D eigenvalue weighted by molar-refractivity contribution is -0.116. The average molecular weight is 288 g/mol. The van der Waals surface area contributed by atoms with Gasteiger partial charge in [-0.05, 0) is 18.8 Å². The number of rotatable bonds is 6. The van der Waals surface area contributed by atoms with Crippen LogP contribution in [0.3, 0.4) is 0 Å². The van der Waals surface area contributed by atoms with Crippen LogP contribution in [-0.2, 0) is 4.79 Å². The maximum absolute atomic E-state index is 11.5. The van der Waals surface area contributed by atoms with Gasteiger partial charge < -0.3 is 5.32 Å². The molecule has 0 radical (unpaired) electrons. The molecule has 0 aliphatic rings. The molecule has 16 heavy (non-hydrogen) atoms. The van der Waals surface area contributed by atoms with Crippen molar-refractivity contribution in [1.82, 2.24) is 10.2 Å². The molecule has 0 atom stereocenters. The molecule has 1 rings (SSSR count). The number of hydrogen-bond donors (Lipinski definition) is 2. The summed E-state index contributed by atoms with van der Waals surface area (Å²) in [6, 6.07) is 1.88. The Morgan fingerprint density at radius 1 is 1.56 bits per heavy atom. The molecule has 0 unspecified atom stereocenters. The van der Waals surface area contributed by atoms with E-state index in [4.69, 9.17) is 0 Å². The Morgan fingerprint density at radius 2 is 2.31 bits per heavy atom. The summed E-state index contributed by atoms with van der Waals surface area (Å²) in [6.45, 7) is 4.16. The Hall–Kier alpha value is -0.840. The lowest BCUT2D eigenvalue weighted by atomic mass is 10.1. The molecule has 2 N–H and O–H groups in total. The Balaban J connectivity index is 2.37. The number of amides is 1. The molecule has 1 heterocycles. The van der Waals surface area contributed by atoms with E-state index in [0.29, 0.717) is 18.2 Å². The van der Waals surface area contributed by atoms with Crippen molar-refractivity contribution in [3.8, 4) is 0 Å². The predicted molar refractivity (Wildman–Crippen MR) is 69.0 cm³/mol. The monoisotopic (exact) mass is 287 g/mol. The van der Waals surface area contributed by atoms with E-state index in [9.17, 15) is 4.79 Å². The number of nitrogens with zero attached hydrogens (tertiary/aromatic N) is 1. The summed E-state index contributed by atoms with van der Waals surface area (Å²) in [5.41, 5.74) is 1.04. The highest BCUT2D eigenvalue weighted by molar-refractivity contribution is 9.09. The summed E-state index contributed by atoms with van der Waals surface area (Å²) in [6.07, 6.45) is 2.47. The molecule has 90 valence electrons. The number of carbonyl (C=O) groups is 1. The van der Waals surface area contributed by atoms with Gasteiger partial charge in [0.25, 0.3) is 0 Å². The first-order valence-corrected chi connectivity index (χ1v) is 6.66. The standard InChI is InChI=1S/C11H18BrN3O/c1-8(2)9-7-10(15-14-9)13-11(16)5-3-4-6-12/h7-8H,3-6H2,1-2H3,(H2,13,14,15,16). The van der Waals surface area contributed by atoms with Crippen LogP contribution in [0.25, 0.3) is 0 Å². The molecule has 1 aromatic rings. The minimum Gasteiger partial charge on any atom is -0.309 e. The highest BCUT2D eigenvalue weighted by Gasteiger charge is 2.07. The van der Waals surface area contributed by atoms with Crippen molar-refractivity contribution < 1.29 is 4.79 Å². The van der Waals surface area contributed by atoms with Gasteiger partial charge in [0, 0.05) is 23.5 Å². The van der Waals surface area contributed by atoms with Crippen LogP contribution in [0.2, 0.25) is 0 Å². The number of anilines is 1. The summed E-state index contributed by atoms with van der Waals surface area (Å²) >= 11 is 3.34. The first kappa shape index (κ1) is 13.2. The van der Waals surface area contributed by atoms with Crippen LogP contribution in [0.5, 0.6) is 0 Å². The zero-order valence-electron chi connectivity index (χ0n) is 9.72. The van der Waals surface area contributed by atoms with Crippen molar-refractivity contribution in [3.05, 3.63) is 11.8 Å². The predicted octanol–water partition coefficient (Wildman–Crippen LogP) is 3.04. The molecular formula is C11H18BrN3O. The van der Waals surface area contributed by atoms with E-state index in [0.717, 1.165) is 23.9 Å². The Morgan fingerprint density at radius 3 is 2.88 bits per heavy atom. The molecule has 0 aliphatic carbocycles. The van der Waals surface area contributed by atoms with Gasteiger partial charge in [-0.15, -0.1) is 0 Å². The van der Waals surface area contributed by atoms with Gasteiger partial charge in [-0.1, -0.05) is 29.8 Å². The minimum atomic E-state index is 0.0303. The van der Waals surface area contributed by atoms with E-state index in [1.54, 1.807) is 0 Å². The fraction of sp³-hybridized carbons (Fsp3) is 0.636. The number of aromatic nitrogens is 2. The SMILES string of the molecule is CC(C)c1cc(NC(=O)CCCCBr)n[nH]1. The molecule has 4 nitrogen and oxygen atoms in total. The molecule has 5 heteroatoms.